The molecule has 0 saturated carbocycles. The maximum absolute atomic E-state index is 11.5. The Morgan fingerprint density at radius 2 is 2.16 bits per heavy atom. The van der Waals surface area contributed by atoms with Gasteiger partial charge in [0.05, 0.1) is 12.2 Å². The number of urea groups is 1. The van der Waals surface area contributed by atoms with Gasteiger partial charge in [-0.05, 0) is 38.1 Å². The van der Waals surface area contributed by atoms with Gasteiger partial charge in [-0.15, -0.1) is 0 Å². The molecule has 1 rings (SSSR count). The fraction of sp³-hybridized carbons (Fsp3) is 0.385. The SMILES string of the molecule is CCOC(=O)c1cccc(NC(=O)NCCCN)c1. The van der Waals surface area contributed by atoms with Gasteiger partial charge in [-0.2, -0.15) is 0 Å². The van der Waals surface area contributed by atoms with Crippen molar-refractivity contribution in [2.45, 2.75) is 13.3 Å². The highest BCUT2D eigenvalue weighted by molar-refractivity contribution is 5.93. The number of rotatable bonds is 6. The minimum Gasteiger partial charge on any atom is -0.462 e. The molecule has 0 heterocycles. The molecule has 0 bridgehead atoms. The second-order valence-electron chi connectivity index (χ2n) is 3.82. The molecule has 0 aliphatic carbocycles. The fourth-order valence-corrected chi connectivity index (χ4v) is 1.42. The van der Waals surface area contributed by atoms with Crippen LogP contribution in [-0.4, -0.2) is 31.7 Å². The molecule has 0 unspecified atom stereocenters. The third-order valence-corrected chi connectivity index (χ3v) is 2.30. The van der Waals surface area contributed by atoms with Crippen LogP contribution in [0.3, 0.4) is 0 Å². The van der Waals surface area contributed by atoms with Crippen molar-refractivity contribution in [3.63, 3.8) is 0 Å². The predicted octanol–water partition coefficient (Wildman–Crippen LogP) is 1.33. The van der Waals surface area contributed by atoms with Crippen LogP contribution in [0, 0.1) is 0 Å². The molecule has 0 saturated heterocycles. The van der Waals surface area contributed by atoms with Gasteiger partial charge >= 0.3 is 12.0 Å². The summed E-state index contributed by atoms with van der Waals surface area (Å²) in [4.78, 5) is 23.0. The maximum Gasteiger partial charge on any atom is 0.338 e. The minimum atomic E-state index is -0.408. The molecule has 104 valence electrons. The monoisotopic (exact) mass is 265 g/mol. The van der Waals surface area contributed by atoms with Gasteiger partial charge in [0.1, 0.15) is 0 Å². The second-order valence-corrected chi connectivity index (χ2v) is 3.82. The normalized spacial score (nSPS) is 9.79. The zero-order valence-electron chi connectivity index (χ0n) is 10.9. The number of carbonyl (C=O) groups excluding carboxylic acids is 2. The van der Waals surface area contributed by atoms with Crippen LogP contribution in [0.2, 0.25) is 0 Å². The zero-order chi connectivity index (χ0) is 14.1. The van der Waals surface area contributed by atoms with Crippen molar-refractivity contribution >= 4 is 17.7 Å². The van der Waals surface area contributed by atoms with Crippen LogP contribution < -0.4 is 16.4 Å². The smallest absolute Gasteiger partial charge is 0.338 e. The Morgan fingerprint density at radius 3 is 2.84 bits per heavy atom. The number of nitrogens with one attached hydrogen (secondary N) is 2. The van der Waals surface area contributed by atoms with E-state index in [1.165, 1.54) is 0 Å². The Hall–Kier alpha value is -2.08. The van der Waals surface area contributed by atoms with Crippen molar-refractivity contribution in [1.82, 2.24) is 5.32 Å². The quantitative estimate of drug-likeness (QED) is 0.534. The van der Waals surface area contributed by atoms with Gasteiger partial charge in [-0.25, -0.2) is 9.59 Å². The van der Waals surface area contributed by atoms with Gasteiger partial charge in [-0.1, -0.05) is 6.07 Å². The van der Waals surface area contributed by atoms with E-state index in [9.17, 15) is 9.59 Å². The molecular weight excluding hydrogens is 246 g/mol. The number of benzene rings is 1. The maximum atomic E-state index is 11.5. The lowest BCUT2D eigenvalue weighted by molar-refractivity contribution is 0.0526. The third-order valence-electron chi connectivity index (χ3n) is 2.30. The van der Waals surface area contributed by atoms with Gasteiger partial charge in [0, 0.05) is 12.2 Å². The molecule has 6 nitrogen and oxygen atoms in total. The van der Waals surface area contributed by atoms with E-state index in [2.05, 4.69) is 10.6 Å². The Labute approximate surface area is 112 Å². The van der Waals surface area contributed by atoms with E-state index in [0.717, 1.165) is 6.42 Å². The third kappa shape index (κ3) is 5.39. The first kappa shape index (κ1) is 15.0. The summed E-state index contributed by atoms with van der Waals surface area (Å²) in [5, 5.41) is 5.30. The summed E-state index contributed by atoms with van der Waals surface area (Å²) < 4.78 is 4.89. The summed E-state index contributed by atoms with van der Waals surface area (Å²) in [6, 6.07) is 6.26. The van der Waals surface area contributed by atoms with E-state index in [4.69, 9.17) is 10.5 Å². The molecule has 0 aromatic heterocycles. The summed E-state index contributed by atoms with van der Waals surface area (Å²) in [7, 11) is 0. The van der Waals surface area contributed by atoms with E-state index < -0.39 is 5.97 Å². The van der Waals surface area contributed by atoms with E-state index >= 15 is 0 Å². The van der Waals surface area contributed by atoms with Crippen LogP contribution in [0.4, 0.5) is 10.5 Å². The molecule has 0 radical (unpaired) electrons. The number of esters is 1. The van der Waals surface area contributed by atoms with Crippen LogP contribution in [0.15, 0.2) is 24.3 Å². The van der Waals surface area contributed by atoms with Gasteiger partial charge in [-0.3, -0.25) is 0 Å². The molecule has 0 atom stereocenters. The zero-order valence-corrected chi connectivity index (χ0v) is 10.9. The number of carbonyl (C=O) groups is 2. The molecule has 0 spiro atoms. The van der Waals surface area contributed by atoms with Crippen molar-refractivity contribution < 1.29 is 14.3 Å². The van der Waals surface area contributed by atoms with Crippen molar-refractivity contribution in [1.29, 1.82) is 0 Å². The standard InChI is InChI=1S/C13H19N3O3/c1-2-19-12(17)10-5-3-6-11(9-10)16-13(18)15-8-4-7-14/h3,5-6,9H,2,4,7-8,14H2,1H3,(H2,15,16,18). The Morgan fingerprint density at radius 1 is 1.37 bits per heavy atom. The van der Waals surface area contributed by atoms with Crippen molar-refractivity contribution in [2.75, 3.05) is 25.0 Å². The average molecular weight is 265 g/mol. The topological polar surface area (TPSA) is 93.4 Å². The van der Waals surface area contributed by atoms with Crippen LogP contribution in [-0.2, 0) is 4.74 Å². The van der Waals surface area contributed by atoms with E-state index in [0.29, 0.717) is 30.9 Å². The largest absolute Gasteiger partial charge is 0.462 e. The molecule has 0 fully saturated rings. The van der Waals surface area contributed by atoms with Crippen LogP contribution in [0.1, 0.15) is 23.7 Å². The predicted molar refractivity (Wildman–Crippen MR) is 73.1 cm³/mol. The van der Waals surface area contributed by atoms with Gasteiger partial charge < -0.3 is 21.1 Å². The summed E-state index contributed by atoms with van der Waals surface area (Å²) >= 11 is 0. The number of hydrogen-bond donors (Lipinski definition) is 3. The minimum absolute atomic E-state index is 0.316. The lowest BCUT2D eigenvalue weighted by atomic mass is 10.2. The van der Waals surface area contributed by atoms with Crippen molar-refractivity contribution in [3.05, 3.63) is 29.8 Å². The fourth-order valence-electron chi connectivity index (χ4n) is 1.42. The van der Waals surface area contributed by atoms with Gasteiger partial charge in [0.2, 0.25) is 0 Å². The van der Waals surface area contributed by atoms with Crippen LogP contribution in [0.5, 0.6) is 0 Å². The number of anilines is 1. The first-order chi connectivity index (χ1) is 9.17. The highest BCUT2D eigenvalue weighted by atomic mass is 16.5. The Kier molecular flexibility index (Phi) is 6.38. The number of amides is 2. The molecule has 19 heavy (non-hydrogen) atoms. The van der Waals surface area contributed by atoms with E-state index in [1.54, 1.807) is 31.2 Å². The first-order valence-electron chi connectivity index (χ1n) is 6.19. The molecule has 2 amide bonds. The summed E-state index contributed by atoms with van der Waals surface area (Å²) in [5.74, 6) is -0.408. The summed E-state index contributed by atoms with van der Waals surface area (Å²) in [6.07, 6.45) is 0.719. The van der Waals surface area contributed by atoms with Gasteiger partial charge in [0.15, 0.2) is 0 Å². The molecule has 1 aromatic carbocycles. The molecule has 0 aliphatic heterocycles. The summed E-state index contributed by atoms with van der Waals surface area (Å²) in [6.45, 7) is 3.10. The highest BCUT2D eigenvalue weighted by Crippen LogP contribution is 2.11. The van der Waals surface area contributed by atoms with E-state index in [-0.39, 0.29) is 6.03 Å². The first-order valence-corrected chi connectivity index (χ1v) is 6.19. The highest BCUT2D eigenvalue weighted by Gasteiger charge is 2.08. The lowest BCUT2D eigenvalue weighted by Gasteiger charge is -2.08. The molecular formula is C13H19N3O3. The Balaban J connectivity index is 2.56. The van der Waals surface area contributed by atoms with Crippen molar-refractivity contribution in [2.24, 2.45) is 5.73 Å². The molecule has 0 aliphatic rings. The second kappa shape index (κ2) is 8.10. The summed E-state index contributed by atoms with van der Waals surface area (Å²) in [5.41, 5.74) is 6.27. The Bertz CT molecular complexity index is 435. The number of hydrogen-bond acceptors (Lipinski definition) is 4. The molecule has 4 N–H and O–H groups in total. The molecule has 6 heteroatoms. The van der Waals surface area contributed by atoms with Crippen LogP contribution in [0.25, 0.3) is 0 Å². The number of nitrogens with two attached hydrogens (primary N) is 1. The average Bonchev–Trinajstić information content (AvgIpc) is 2.39. The number of ether oxygens (including phenoxy) is 1. The van der Waals surface area contributed by atoms with Crippen molar-refractivity contribution in [3.8, 4) is 0 Å². The van der Waals surface area contributed by atoms with E-state index in [1.807, 2.05) is 0 Å². The van der Waals surface area contributed by atoms with Crippen LogP contribution >= 0.6 is 0 Å². The lowest BCUT2D eigenvalue weighted by Crippen LogP contribution is -2.30. The molecule has 1 aromatic rings. The van der Waals surface area contributed by atoms with Gasteiger partial charge in [0.25, 0.3) is 0 Å².